The predicted molar refractivity (Wildman–Crippen MR) is 99.0 cm³/mol. The maximum atomic E-state index is 14.6. The Morgan fingerprint density at radius 3 is 2.57 bits per heavy atom. The average molecular weight is 390 g/mol. The molecule has 1 N–H and O–H groups in total. The second-order valence-corrected chi connectivity index (χ2v) is 6.87. The number of alkyl halides is 3. The van der Waals surface area contributed by atoms with Crippen molar-refractivity contribution in [3.8, 4) is 11.3 Å². The van der Waals surface area contributed by atoms with Crippen LogP contribution in [0.25, 0.3) is 17.0 Å². The molecule has 28 heavy (non-hydrogen) atoms. The van der Waals surface area contributed by atoms with Gasteiger partial charge in [-0.3, -0.25) is 4.68 Å². The molecule has 1 fully saturated rings. The summed E-state index contributed by atoms with van der Waals surface area (Å²) < 4.78 is 56.3. The molecule has 8 heteroatoms. The molecule has 2 heterocycles. The second-order valence-electron chi connectivity index (χ2n) is 6.87. The third-order valence-electron chi connectivity index (χ3n) is 4.74. The van der Waals surface area contributed by atoms with Crippen molar-refractivity contribution in [3.63, 3.8) is 0 Å². The van der Waals surface area contributed by atoms with Gasteiger partial charge in [0, 0.05) is 30.5 Å². The molecule has 0 amide bonds. The van der Waals surface area contributed by atoms with Crippen LogP contribution < -0.4 is 5.32 Å². The van der Waals surface area contributed by atoms with Crippen LogP contribution in [0, 0.1) is 5.82 Å². The van der Waals surface area contributed by atoms with Gasteiger partial charge >= 0.3 is 6.18 Å². The van der Waals surface area contributed by atoms with E-state index >= 15 is 0 Å². The molecule has 0 aliphatic heterocycles. The molecule has 4 rings (SSSR count). The Bertz CT molecular complexity index is 1040. The fourth-order valence-electron chi connectivity index (χ4n) is 3.22. The molecular weight excluding hydrogens is 372 g/mol. The van der Waals surface area contributed by atoms with Crippen LogP contribution in [0.1, 0.15) is 30.3 Å². The first-order valence-electron chi connectivity index (χ1n) is 8.78. The third kappa shape index (κ3) is 3.42. The van der Waals surface area contributed by atoms with Crippen molar-refractivity contribution in [1.82, 2.24) is 14.3 Å². The predicted octanol–water partition coefficient (Wildman–Crippen LogP) is 5.46. The Morgan fingerprint density at radius 2 is 1.96 bits per heavy atom. The highest BCUT2D eigenvalue weighted by Gasteiger charge is 2.35. The standard InChI is InChI=1S/C20H18F4N4/c1-12(17-4-3-9-28(17)14-6-7-14)25-13-5-8-15(16(21)10-13)18-11-19(20(22,23)24)26-27(18)2/h3-5,8-11,14,25H,1,6-7H2,2H3. The van der Waals surface area contributed by atoms with E-state index in [1.165, 1.54) is 19.2 Å². The van der Waals surface area contributed by atoms with Gasteiger partial charge in [-0.15, -0.1) is 0 Å². The largest absolute Gasteiger partial charge is 0.435 e. The van der Waals surface area contributed by atoms with Crippen LogP contribution in [0.2, 0.25) is 0 Å². The SMILES string of the molecule is C=C(Nc1ccc(-c2cc(C(F)(F)F)nn2C)c(F)c1)c1cccn1C1CC1. The Kier molecular flexibility index (Phi) is 4.28. The number of nitrogens with one attached hydrogen (secondary N) is 1. The van der Waals surface area contributed by atoms with Crippen LogP contribution in [-0.2, 0) is 13.2 Å². The molecule has 2 aromatic heterocycles. The minimum atomic E-state index is -4.58. The molecule has 1 aliphatic rings. The molecule has 0 atom stereocenters. The normalized spacial score (nSPS) is 14.3. The number of benzene rings is 1. The maximum Gasteiger partial charge on any atom is 0.435 e. The number of halogens is 4. The maximum absolute atomic E-state index is 14.6. The van der Waals surface area contributed by atoms with E-state index in [9.17, 15) is 17.6 Å². The summed E-state index contributed by atoms with van der Waals surface area (Å²) in [6.07, 6.45) is -0.335. The summed E-state index contributed by atoms with van der Waals surface area (Å²) in [5.74, 6) is -0.646. The van der Waals surface area contributed by atoms with Crippen molar-refractivity contribution in [3.05, 3.63) is 66.4 Å². The number of hydrogen-bond acceptors (Lipinski definition) is 2. The van der Waals surface area contributed by atoms with Gasteiger partial charge in [-0.05, 0) is 49.2 Å². The first-order valence-corrected chi connectivity index (χ1v) is 8.78. The Labute approximate surface area is 159 Å². The second kappa shape index (κ2) is 6.54. The van der Waals surface area contributed by atoms with Gasteiger partial charge in [0.25, 0.3) is 0 Å². The number of aromatic nitrogens is 3. The molecule has 1 saturated carbocycles. The van der Waals surface area contributed by atoms with Crippen molar-refractivity contribution in [1.29, 1.82) is 0 Å². The number of anilines is 1. The summed E-state index contributed by atoms with van der Waals surface area (Å²) in [4.78, 5) is 0. The van der Waals surface area contributed by atoms with E-state index in [1.807, 2.05) is 18.3 Å². The van der Waals surface area contributed by atoms with Crippen LogP contribution in [0.4, 0.5) is 23.2 Å². The van der Waals surface area contributed by atoms with Crippen LogP contribution >= 0.6 is 0 Å². The molecule has 4 nitrogen and oxygen atoms in total. The van der Waals surface area contributed by atoms with E-state index in [2.05, 4.69) is 21.6 Å². The van der Waals surface area contributed by atoms with E-state index in [4.69, 9.17) is 0 Å². The number of hydrogen-bond donors (Lipinski definition) is 1. The van der Waals surface area contributed by atoms with E-state index in [1.54, 1.807) is 6.07 Å². The first kappa shape index (κ1) is 18.3. The van der Waals surface area contributed by atoms with Gasteiger partial charge < -0.3 is 9.88 Å². The lowest BCUT2D eigenvalue weighted by atomic mass is 10.1. The fourth-order valence-corrected chi connectivity index (χ4v) is 3.22. The van der Waals surface area contributed by atoms with Crippen molar-refractivity contribution in [2.45, 2.75) is 25.1 Å². The van der Waals surface area contributed by atoms with Gasteiger partial charge in [-0.25, -0.2) is 4.39 Å². The van der Waals surface area contributed by atoms with E-state index < -0.39 is 17.7 Å². The molecule has 0 saturated heterocycles. The van der Waals surface area contributed by atoms with E-state index in [0.717, 1.165) is 29.3 Å². The third-order valence-corrected chi connectivity index (χ3v) is 4.74. The summed E-state index contributed by atoms with van der Waals surface area (Å²) in [5.41, 5.74) is 1.06. The van der Waals surface area contributed by atoms with Crippen LogP contribution in [0.3, 0.4) is 0 Å². The van der Waals surface area contributed by atoms with E-state index in [-0.39, 0.29) is 11.3 Å². The lowest BCUT2D eigenvalue weighted by molar-refractivity contribution is -0.141. The van der Waals surface area contributed by atoms with Crippen molar-refractivity contribution in [2.24, 2.45) is 7.05 Å². The molecular formula is C20H18F4N4. The van der Waals surface area contributed by atoms with Gasteiger partial charge in [0.1, 0.15) is 5.82 Å². The van der Waals surface area contributed by atoms with Crippen molar-refractivity contribution < 1.29 is 17.6 Å². The fraction of sp³-hybridized carbons (Fsp3) is 0.250. The number of aryl methyl sites for hydroxylation is 1. The van der Waals surface area contributed by atoms with Gasteiger partial charge in [0.15, 0.2) is 5.69 Å². The van der Waals surface area contributed by atoms with Gasteiger partial charge in [-0.2, -0.15) is 18.3 Å². The zero-order valence-corrected chi connectivity index (χ0v) is 15.1. The minimum Gasteiger partial charge on any atom is -0.354 e. The quantitative estimate of drug-likeness (QED) is 0.587. The Morgan fingerprint density at radius 1 is 1.21 bits per heavy atom. The summed E-state index contributed by atoms with van der Waals surface area (Å²) in [7, 11) is 1.35. The Balaban J connectivity index is 1.57. The lowest BCUT2D eigenvalue weighted by Gasteiger charge is -2.14. The molecule has 1 aliphatic carbocycles. The molecule has 0 bridgehead atoms. The topological polar surface area (TPSA) is 34.8 Å². The zero-order valence-electron chi connectivity index (χ0n) is 15.1. The first-order chi connectivity index (χ1) is 13.2. The smallest absolute Gasteiger partial charge is 0.354 e. The van der Waals surface area contributed by atoms with Gasteiger partial charge in [0.2, 0.25) is 0 Å². The number of nitrogens with zero attached hydrogens (tertiary/aromatic N) is 3. The van der Waals surface area contributed by atoms with Crippen LogP contribution in [0.15, 0.2) is 49.2 Å². The van der Waals surface area contributed by atoms with E-state index in [0.29, 0.717) is 17.4 Å². The highest BCUT2D eigenvalue weighted by Crippen LogP contribution is 2.38. The van der Waals surface area contributed by atoms with Crippen molar-refractivity contribution in [2.75, 3.05) is 5.32 Å². The highest BCUT2D eigenvalue weighted by atomic mass is 19.4. The Hall–Kier alpha value is -3.03. The minimum absolute atomic E-state index is 0.0445. The molecule has 146 valence electrons. The van der Waals surface area contributed by atoms with Crippen LogP contribution in [0.5, 0.6) is 0 Å². The zero-order chi connectivity index (χ0) is 20.1. The van der Waals surface area contributed by atoms with Crippen LogP contribution in [-0.4, -0.2) is 14.3 Å². The number of rotatable bonds is 5. The lowest BCUT2D eigenvalue weighted by Crippen LogP contribution is -2.06. The summed E-state index contributed by atoms with van der Waals surface area (Å²) in [6, 6.07) is 9.47. The van der Waals surface area contributed by atoms with Crippen molar-refractivity contribution >= 4 is 11.4 Å². The van der Waals surface area contributed by atoms with Gasteiger partial charge in [-0.1, -0.05) is 6.58 Å². The summed E-state index contributed by atoms with van der Waals surface area (Å²) in [6.45, 7) is 4.02. The summed E-state index contributed by atoms with van der Waals surface area (Å²) in [5, 5.41) is 6.50. The molecule has 0 spiro atoms. The summed E-state index contributed by atoms with van der Waals surface area (Å²) >= 11 is 0. The average Bonchev–Trinajstić information content (AvgIpc) is 3.19. The highest BCUT2D eigenvalue weighted by molar-refractivity contribution is 5.75. The monoisotopic (exact) mass is 390 g/mol. The molecule has 0 radical (unpaired) electrons. The molecule has 1 aromatic carbocycles. The van der Waals surface area contributed by atoms with Gasteiger partial charge in [0.05, 0.1) is 17.1 Å². The molecule has 3 aromatic rings. The molecule has 0 unspecified atom stereocenters.